The second-order valence-corrected chi connectivity index (χ2v) is 7.24. The summed E-state index contributed by atoms with van der Waals surface area (Å²) in [5.41, 5.74) is 1.33. The van der Waals surface area contributed by atoms with Crippen LogP contribution in [0.25, 0.3) is 0 Å². The number of halogens is 2. The van der Waals surface area contributed by atoms with E-state index in [4.69, 9.17) is 11.6 Å². The molecular formula is C17H13ClFN3O2S. The minimum atomic E-state index is -3.74. The van der Waals surface area contributed by atoms with Crippen LogP contribution in [0.4, 0.5) is 21.6 Å². The standard InChI is InChI=1S/C17H13ClFN3O2S/c18-12-1-8-16(9-2-12)25(23,24)22-17-10-7-15(11-20-17)21-14-5-3-13(19)4-6-14/h1-11,21H,(H,20,22). The lowest BCUT2D eigenvalue weighted by molar-refractivity contribution is 0.601. The fraction of sp³-hybridized carbons (Fsp3) is 0. The molecule has 25 heavy (non-hydrogen) atoms. The molecule has 1 aromatic heterocycles. The van der Waals surface area contributed by atoms with Gasteiger partial charge in [0, 0.05) is 10.7 Å². The van der Waals surface area contributed by atoms with Crippen molar-refractivity contribution in [1.82, 2.24) is 4.98 Å². The first kappa shape index (κ1) is 17.2. The van der Waals surface area contributed by atoms with Gasteiger partial charge in [0.05, 0.1) is 16.8 Å². The highest BCUT2D eigenvalue weighted by Crippen LogP contribution is 2.20. The lowest BCUT2D eigenvalue weighted by atomic mass is 10.3. The average Bonchev–Trinajstić information content (AvgIpc) is 2.59. The topological polar surface area (TPSA) is 71.1 Å². The van der Waals surface area contributed by atoms with E-state index in [1.807, 2.05) is 0 Å². The molecule has 0 aliphatic carbocycles. The molecule has 8 heteroatoms. The molecule has 0 unspecified atom stereocenters. The molecule has 128 valence electrons. The molecule has 2 N–H and O–H groups in total. The van der Waals surface area contributed by atoms with Gasteiger partial charge in [0.2, 0.25) is 0 Å². The third kappa shape index (κ3) is 4.46. The molecule has 0 aliphatic heterocycles. The number of aromatic nitrogens is 1. The van der Waals surface area contributed by atoms with Crippen LogP contribution in [0.3, 0.4) is 0 Å². The Hall–Kier alpha value is -2.64. The van der Waals surface area contributed by atoms with Gasteiger partial charge in [-0.25, -0.2) is 17.8 Å². The second-order valence-electron chi connectivity index (χ2n) is 5.12. The molecule has 0 saturated carbocycles. The number of benzene rings is 2. The van der Waals surface area contributed by atoms with Crippen LogP contribution in [0.2, 0.25) is 5.02 Å². The second kappa shape index (κ2) is 7.08. The van der Waals surface area contributed by atoms with Crippen molar-refractivity contribution < 1.29 is 12.8 Å². The van der Waals surface area contributed by atoms with Crippen molar-refractivity contribution in [3.8, 4) is 0 Å². The molecular weight excluding hydrogens is 365 g/mol. The zero-order valence-electron chi connectivity index (χ0n) is 12.8. The van der Waals surface area contributed by atoms with Gasteiger partial charge in [-0.15, -0.1) is 0 Å². The zero-order chi connectivity index (χ0) is 17.9. The third-order valence-electron chi connectivity index (χ3n) is 3.26. The minimum Gasteiger partial charge on any atom is -0.354 e. The van der Waals surface area contributed by atoms with E-state index in [0.717, 1.165) is 0 Å². The van der Waals surface area contributed by atoms with Crippen molar-refractivity contribution in [2.45, 2.75) is 4.90 Å². The summed E-state index contributed by atoms with van der Waals surface area (Å²) < 4.78 is 39.8. The van der Waals surface area contributed by atoms with Crippen LogP contribution in [-0.2, 0) is 10.0 Å². The average molecular weight is 378 g/mol. The third-order valence-corrected chi connectivity index (χ3v) is 4.88. The molecule has 0 spiro atoms. The van der Waals surface area contributed by atoms with Crippen molar-refractivity contribution in [3.05, 3.63) is 77.7 Å². The fourth-order valence-electron chi connectivity index (χ4n) is 2.04. The normalized spacial score (nSPS) is 11.1. The summed E-state index contributed by atoms with van der Waals surface area (Å²) in [6, 6.07) is 14.9. The van der Waals surface area contributed by atoms with Crippen LogP contribution >= 0.6 is 11.6 Å². The summed E-state index contributed by atoms with van der Waals surface area (Å²) in [5, 5.41) is 3.49. The van der Waals surface area contributed by atoms with Crippen molar-refractivity contribution >= 4 is 38.8 Å². The van der Waals surface area contributed by atoms with E-state index in [0.29, 0.717) is 16.4 Å². The van der Waals surface area contributed by atoms with E-state index in [1.165, 1.54) is 48.7 Å². The van der Waals surface area contributed by atoms with Crippen molar-refractivity contribution in [2.75, 3.05) is 10.0 Å². The Balaban J connectivity index is 1.71. The molecule has 0 bridgehead atoms. The molecule has 3 aromatic rings. The van der Waals surface area contributed by atoms with Crippen LogP contribution in [0.15, 0.2) is 71.8 Å². The zero-order valence-corrected chi connectivity index (χ0v) is 14.4. The van der Waals surface area contributed by atoms with Gasteiger partial charge in [-0.3, -0.25) is 4.72 Å². The summed E-state index contributed by atoms with van der Waals surface area (Å²) in [4.78, 5) is 4.16. The van der Waals surface area contributed by atoms with Crippen molar-refractivity contribution in [1.29, 1.82) is 0 Å². The first-order valence-corrected chi connectivity index (χ1v) is 9.05. The van der Waals surface area contributed by atoms with E-state index in [2.05, 4.69) is 15.0 Å². The summed E-state index contributed by atoms with van der Waals surface area (Å²) in [5.74, 6) is -0.143. The molecule has 1 heterocycles. The summed E-state index contributed by atoms with van der Waals surface area (Å²) >= 11 is 5.76. The number of nitrogens with zero attached hydrogens (tertiary/aromatic N) is 1. The highest BCUT2D eigenvalue weighted by Gasteiger charge is 2.14. The molecule has 3 rings (SSSR count). The first-order chi connectivity index (χ1) is 11.9. The van der Waals surface area contributed by atoms with Gasteiger partial charge < -0.3 is 5.32 Å². The van der Waals surface area contributed by atoms with Crippen LogP contribution in [-0.4, -0.2) is 13.4 Å². The van der Waals surface area contributed by atoms with E-state index in [1.54, 1.807) is 18.2 Å². The van der Waals surface area contributed by atoms with Crippen LogP contribution < -0.4 is 10.0 Å². The highest BCUT2D eigenvalue weighted by molar-refractivity contribution is 7.92. The smallest absolute Gasteiger partial charge is 0.263 e. The molecule has 0 amide bonds. The Kier molecular flexibility index (Phi) is 4.87. The predicted molar refractivity (Wildman–Crippen MR) is 96.2 cm³/mol. The Morgan fingerprint density at radius 2 is 1.52 bits per heavy atom. The van der Waals surface area contributed by atoms with E-state index in [-0.39, 0.29) is 16.5 Å². The van der Waals surface area contributed by atoms with Gasteiger partial charge in [-0.2, -0.15) is 0 Å². The van der Waals surface area contributed by atoms with Gasteiger partial charge in [0.1, 0.15) is 11.6 Å². The quantitative estimate of drug-likeness (QED) is 0.690. The summed E-state index contributed by atoms with van der Waals surface area (Å²) in [6.07, 6.45) is 1.48. The van der Waals surface area contributed by atoms with Gasteiger partial charge in [-0.1, -0.05) is 11.6 Å². The summed E-state index contributed by atoms with van der Waals surface area (Å²) in [7, 11) is -3.74. The maximum Gasteiger partial charge on any atom is 0.263 e. The Bertz CT molecular complexity index is 960. The van der Waals surface area contributed by atoms with E-state index < -0.39 is 10.0 Å². The van der Waals surface area contributed by atoms with Gasteiger partial charge in [0.25, 0.3) is 10.0 Å². The van der Waals surface area contributed by atoms with Crippen molar-refractivity contribution in [3.63, 3.8) is 0 Å². The number of anilines is 3. The Morgan fingerprint density at radius 1 is 0.880 bits per heavy atom. The summed E-state index contributed by atoms with van der Waals surface area (Å²) in [6.45, 7) is 0. The molecule has 0 fully saturated rings. The number of nitrogens with one attached hydrogen (secondary N) is 2. The van der Waals surface area contributed by atoms with E-state index >= 15 is 0 Å². The molecule has 0 saturated heterocycles. The van der Waals surface area contributed by atoms with Crippen LogP contribution in [0.5, 0.6) is 0 Å². The van der Waals surface area contributed by atoms with Crippen LogP contribution in [0, 0.1) is 5.82 Å². The van der Waals surface area contributed by atoms with Crippen LogP contribution in [0.1, 0.15) is 0 Å². The highest BCUT2D eigenvalue weighted by atomic mass is 35.5. The number of hydrogen-bond donors (Lipinski definition) is 2. The SMILES string of the molecule is O=S(=O)(Nc1ccc(Nc2ccc(F)cc2)cn1)c1ccc(Cl)cc1. The maximum absolute atomic E-state index is 12.9. The number of pyridine rings is 1. The van der Waals surface area contributed by atoms with Gasteiger partial charge >= 0.3 is 0 Å². The Labute approximate surface area is 149 Å². The first-order valence-electron chi connectivity index (χ1n) is 7.19. The monoisotopic (exact) mass is 377 g/mol. The van der Waals surface area contributed by atoms with E-state index in [9.17, 15) is 12.8 Å². The predicted octanol–water partition coefficient (Wildman–Crippen LogP) is 4.42. The lowest BCUT2D eigenvalue weighted by Crippen LogP contribution is -2.13. The van der Waals surface area contributed by atoms with Gasteiger partial charge in [0.15, 0.2) is 0 Å². The molecule has 2 aromatic carbocycles. The fourth-order valence-corrected chi connectivity index (χ4v) is 3.17. The number of sulfonamides is 1. The Morgan fingerprint density at radius 3 is 2.12 bits per heavy atom. The minimum absolute atomic E-state index is 0.0900. The molecule has 5 nitrogen and oxygen atoms in total. The lowest BCUT2D eigenvalue weighted by Gasteiger charge is -2.09. The molecule has 0 radical (unpaired) electrons. The van der Waals surface area contributed by atoms with Crippen molar-refractivity contribution in [2.24, 2.45) is 0 Å². The number of hydrogen-bond acceptors (Lipinski definition) is 4. The maximum atomic E-state index is 12.9. The number of rotatable bonds is 5. The molecule has 0 aliphatic rings. The largest absolute Gasteiger partial charge is 0.354 e. The van der Waals surface area contributed by atoms with Gasteiger partial charge in [-0.05, 0) is 60.7 Å². The molecule has 0 atom stereocenters.